The Balaban J connectivity index is 1.40. The van der Waals surface area contributed by atoms with Crippen LogP contribution in [-0.2, 0) is 11.3 Å². The minimum absolute atomic E-state index is 0.0160. The lowest BCUT2D eigenvalue weighted by Gasteiger charge is -2.02. The maximum Gasteiger partial charge on any atom is 0.249 e. The van der Waals surface area contributed by atoms with E-state index in [9.17, 15) is 4.79 Å². The topological polar surface area (TPSA) is 101 Å². The molecule has 0 bridgehead atoms. The van der Waals surface area contributed by atoms with E-state index in [1.54, 1.807) is 29.0 Å². The first-order chi connectivity index (χ1) is 14.2. The number of hydrogen-bond donors (Lipinski definition) is 1. The second kappa shape index (κ2) is 6.87. The molecular formula is C21H17N7O. The van der Waals surface area contributed by atoms with Gasteiger partial charge in [-0.05, 0) is 42.7 Å². The van der Waals surface area contributed by atoms with Crippen LogP contribution in [-0.4, -0.2) is 30.3 Å². The minimum atomic E-state index is -0.0160. The molecule has 142 valence electrons. The molecule has 0 aliphatic heterocycles. The lowest BCUT2D eigenvalue weighted by molar-refractivity contribution is -0.117. The molecule has 3 aromatic heterocycles. The summed E-state index contributed by atoms with van der Waals surface area (Å²) in [5.41, 5.74) is 4.16. The molecule has 1 saturated carbocycles. The van der Waals surface area contributed by atoms with Gasteiger partial charge < -0.3 is 0 Å². The van der Waals surface area contributed by atoms with Crippen LogP contribution in [0.5, 0.6) is 0 Å². The maximum atomic E-state index is 12.0. The molecule has 8 nitrogen and oxygen atoms in total. The second-order valence-corrected chi connectivity index (χ2v) is 7.12. The number of aromatic nitrogens is 5. The van der Waals surface area contributed by atoms with Gasteiger partial charge in [-0.15, -0.1) is 5.10 Å². The van der Waals surface area contributed by atoms with Crippen LogP contribution >= 0.6 is 0 Å². The fourth-order valence-corrected chi connectivity index (χ4v) is 3.20. The first kappa shape index (κ1) is 17.1. The summed E-state index contributed by atoms with van der Waals surface area (Å²) in [6.07, 6.45) is 7.41. The van der Waals surface area contributed by atoms with E-state index in [0.29, 0.717) is 23.7 Å². The van der Waals surface area contributed by atoms with Crippen molar-refractivity contribution in [2.24, 2.45) is 5.92 Å². The molecule has 0 radical (unpaired) electrons. The van der Waals surface area contributed by atoms with Crippen LogP contribution in [0.2, 0.25) is 0 Å². The third-order valence-electron chi connectivity index (χ3n) is 4.92. The third kappa shape index (κ3) is 3.46. The third-order valence-corrected chi connectivity index (χ3v) is 4.92. The summed E-state index contributed by atoms with van der Waals surface area (Å²) >= 11 is 0. The van der Waals surface area contributed by atoms with Crippen molar-refractivity contribution in [1.82, 2.24) is 24.4 Å². The minimum Gasteiger partial charge on any atom is -0.293 e. The van der Waals surface area contributed by atoms with Crippen molar-refractivity contribution < 1.29 is 4.79 Å². The monoisotopic (exact) mass is 383 g/mol. The summed E-state index contributed by atoms with van der Waals surface area (Å²) in [7, 11) is 0. The number of amides is 1. The zero-order valence-electron chi connectivity index (χ0n) is 15.5. The molecular weight excluding hydrogens is 366 g/mol. The number of hydrogen-bond acceptors (Lipinski definition) is 5. The normalized spacial score (nSPS) is 13.3. The summed E-state index contributed by atoms with van der Waals surface area (Å²) in [6.45, 7) is 0.601. The highest BCUT2D eigenvalue weighted by atomic mass is 16.2. The van der Waals surface area contributed by atoms with Gasteiger partial charge in [0, 0.05) is 29.4 Å². The van der Waals surface area contributed by atoms with Gasteiger partial charge in [-0.1, -0.05) is 12.1 Å². The van der Waals surface area contributed by atoms with Crippen molar-refractivity contribution in [1.29, 1.82) is 5.26 Å². The average Bonchev–Trinajstić information content (AvgIpc) is 3.36. The van der Waals surface area contributed by atoms with Crippen molar-refractivity contribution in [3.8, 4) is 17.2 Å². The maximum absolute atomic E-state index is 12.0. The summed E-state index contributed by atoms with van der Waals surface area (Å²) < 4.78 is 3.50. The number of nitrogens with one attached hydrogen (secondary N) is 1. The molecule has 0 saturated heterocycles. The number of pyridine rings is 1. The van der Waals surface area contributed by atoms with Gasteiger partial charge in [0.15, 0.2) is 5.65 Å². The lowest BCUT2D eigenvalue weighted by atomic mass is 10.1. The fourth-order valence-electron chi connectivity index (χ4n) is 3.20. The van der Waals surface area contributed by atoms with Crippen LogP contribution in [0.3, 0.4) is 0 Å². The van der Waals surface area contributed by atoms with Gasteiger partial charge in [0.25, 0.3) is 0 Å². The Morgan fingerprint density at radius 3 is 2.83 bits per heavy atom. The van der Waals surface area contributed by atoms with Crippen LogP contribution < -0.4 is 5.32 Å². The predicted octanol–water partition coefficient (Wildman–Crippen LogP) is 2.86. The number of anilines is 1. The molecule has 3 heterocycles. The standard InChI is InChI=1S/C21H17N7O/c22-10-14-3-5-15(6-4-14)12-27-13-17(11-23-27)18-2-1-9-28-19(18)24-21(26-28)25-20(29)16-7-8-16/h1-6,9,11,13,16H,7-8,12H2,(H,25,26,29). The van der Waals surface area contributed by atoms with E-state index in [4.69, 9.17) is 5.26 Å². The van der Waals surface area contributed by atoms with Crippen molar-refractivity contribution >= 4 is 17.5 Å². The van der Waals surface area contributed by atoms with E-state index in [-0.39, 0.29) is 11.8 Å². The SMILES string of the molecule is N#Cc1ccc(Cn2cc(-c3cccn4nc(NC(=O)C5CC5)nc34)cn2)cc1. The number of fused-ring (bicyclic) bond motifs is 1. The van der Waals surface area contributed by atoms with Crippen molar-refractivity contribution in [2.75, 3.05) is 5.32 Å². The molecule has 0 spiro atoms. The lowest BCUT2D eigenvalue weighted by Crippen LogP contribution is -2.14. The zero-order chi connectivity index (χ0) is 19.8. The highest BCUT2D eigenvalue weighted by molar-refractivity contribution is 5.93. The van der Waals surface area contributed by atoms with Gasteiger partial charge in [-0.25, -0.2) is 4.52 Å². The van der Waals surface area contributed by atoms with Crippen molar-refractivity contribution in [3.05, 3.63) is 66.1 Å². The first-order valence-corrected chi connectivity index (χ1v) is 9.38. The largest absolute Gasteiger partial charge is 0.293 e. The summed E-state index contributed by atoms with van der Waals surface area (Å²) in [4.78, 5) is 16.5. The highest BCUT2D eigenvalue weighted by Gasteiger charge is 2.30. The Labute approximate surface area is 166 Å². The van der Waals surface area contributed by atoms with E-state index in [2.05, 4.69) is 26.6 Å². The molecule has 1 N–H and O–H groups in total. The second-order valence-electron chi connectivity index (χ2n) is 7.12. The number of nitrogens with zero attached hydrogens (tertiary/aromatic N) is 6. The van der Waals surface area contributed by atoms with Gasteiger partial charge in [0.05, 0.1) is 24.4 Å². The molecule has 0 unspecified atom stereocenters. The molecule has 1 aliphatic rings. The Morgan fingerprint density at radius 2 is 2.07 bits per heavy atom. The number of rotatable bonds is 5. The van der Waals surface area contributed by atoms with Crippen LogP contribution in [0, 0.1) is 17.2 Å². The molecule has 0 atom stereocenters. The number of benzene rings is 1. The van der Waals surface area contributed by atoms with Gasteiger partial charge >= 0.3 is 0 Å². The van der Waals surface area contributed by atoms with Crippen LogP contribution in [0.4, 0.5) is 5.95 Å². The molecule has 4 aromatic rings. The highest BCUT2D eigenvalue weighted by Crippen LogP contribution is 2.30. The van der Waals surface area contributed by atoms with Gasteiger partial charge in [0.2, 0.25) is 11.9 Å². The van der Waals surface area contributed by atoms with Crippen molar-refractivity contribution in [3.63, 3.8) is 0 Å². The predicted molar refractivity (Wildman–Crippen MR) is 106 cm³/mol. The van der Waals surface area contributed by atoms with Gasteiger partial charge in [-0.3, -0.25) is 14.8 Å². The van der Waals surface area contributed by atoms with Crippen LogP contribution in [0.1, 0.15) is 24.0 Å². The van der Waals surface area contributed by atoms with E-state index < -0.39 is 0 Å². The van der Waals surface area contributed by atoms with Gasteiger partial charge in [-0.2, -0.15) is 15.3 Å². The molecule has 1 aliphatic carbocycles. The summed E-state index contributed by atoms with van der Waals surface area (Å²) in [6, 6.07) is 13.4. The molecule has 1 aromatic carbocycles. The number of nitriles is 1. The van der Waals surface area contributed by atoms with Gasteiger partial charge in [0.1, 0.15) is 0 Å². The molecule has 29 heavy (non-hydrogen) atoms. The molecule has 5 rings (SSSR count). The smallest absolute Gasteiger partial charge is 0.249 e. The Kier molecular flexibility index (Phi) is 4.06. The molecule has 1 fully saturated rings. The Hall–Kier alpha value is -3.99. The Morgan fingerprint density at radius 1 is 1.24 bits per heavy atom. The quantitative estimate of drug-likeness (QED) is 0.571. The fraction of sp³-hybridized carbons (Fsp3) is 0.190. The van der Waals surface area contributed by atoms with E-state index in [0.717, 1.165) is 29.5 Å². The molecule has 1 amide bonds. The number of carbonyl (C=O) groups is 1. The zero-order valence-corrected chi connectivity index (χ0v) is 15.5. The molecule has 8 heteroatoms. The Bertz CT molecular complexity index is 1240. The van der Waals surface area contributed by atoms with Crippen LogP contribution in [0.15, 0.2) is 55.0 Å². The number of carbonyl (C=O) groups excluding carboxylic acids is 1. The van der Waals surface area contributed by atoms with E-state index in [1.807, 2.05) is 35.1 Å². The van der Waals surface area contributed by atoms with Crippen molar-refractivity contribution in [2.45, 2.75) is 19.4 Å². The van der Waals surface area contributed by atoms with E-state index >= 15 is 0 Å². The van der Waals surface area contributed by atoms with E-state index in [1.165, 1.54) is 0 Å². The average molecular weight is 383 g/mol. The summed E-state index contributed by atoms with van der Waals surface area (Å²) in [5.74, 6) is 0.401. The van der Waals surface area contributed by atoms with Crippen LogP contribution in [0.25, 0.3) is 16.8 Å². The summed E-state index contributed by atoms with van der Waals surface area (Å²) in [5, 5.41) is 20.5. The first-order valence-electron chi connectivity index (χ1n) is 9.38.